The van der Waals surface area contributed by atoms with Gasteiger partial charge in [-0.1, -0.05) is 152 Å². The molecule has 0 aromatic heterocycles. The molecule has 0 atom stereocenters. The summed E-state index contributed by atoms with van der Waals surface area (Å²) in [6.07, 6.45) is 0. The normalized spacial score (nSPS) is 13.4. The standard InChI is InChI=1S/C38H26O/c1-5-15-28(16-6-1)34(29-17-7-2-8-18-29)27-35-37-33-24-14-13-19-30(33)25-26-36(37)39-38(35,31-20-9-3-10-21-31)32-22-11-4-12-23-32/h1-26H. The highest BCUT2D eigenvalue weighted by Gasteiger charge is 2.48. The van der Waals surface area contributed by atoms with Crippen molar-refractivity contribution in [1.82, 2.24) is 0 Å². The zero-order valence-electron chi connectivity index (χ0n) is 21.4. The van der Waals surface area contributed by atoms with Crippen LogP contribution in [0.3, 0.4) is 0 Å². The Labute approximate surface area is 229 Å². The molecule has 0 spiro atoms. The number of ether oxygens (including phenoxy) is 1. The van der Waals surface area contributed by atoms with Gasteiger partial charge in [0, 0.05) is 22.3 Å². The smallest absolute Gasteiger partial charge is 0.192 e. The monoisotopic (exact) mass is 498 g/mol. The summed E-state index contributed by atoms with van der Waals surface area (Å²) in [4.78, 5) is 0. The molecule has 0 N–H and O–H groups in total. The fourth-order valence-corrected chi connectivity index (χ4v) is 5.70. The summed E-state index contributed by atoms with van der Waals surface area (Å²) in [6, 6.07) is 55.0. The summed E-state index contributed by atoms with van der Waals surface area (Å²) in [5.74, 6) is 0.865. The molecule has 184 valence electrons. The molecular weight excluding hydrogens is 472 g/mol. The van der Waals surface area contributed by atoms with Gasteiger partial charge in [0.2, 0.25) is 0 Å². The molecule has 1 nitrogen and oxygen atoms in total. The molecule has 6 aromatic rings. The van der Waals surface area contributed by atoms with E-state index in [9.17, 15) is 0 Å². The number of fused-ring (bicyclic) bond motifs is 3. The predicted molar refractivity (Wildman–Crippen MR) is 161 cm³/mol. The van der Waals surface area contributed by atoms with Crippen molar-refractivity contribution in [2.45, 2.75) is 5.60 Å². The van der Waals surface area contributed by atoms with E-state index in [0.717, 1.165) is 50.1 Å². The van der Waals surface area contributed by atoms with Gasteiger partial charge in [0.25, 0.3) is 0 Å². The van der Waals surface area contributed by atoms with Crippen LogP contribution in [0.5, 0.6) is 5.75 Å². The van der Waals surface area contributed by atoms with E-state index < -0.39 is 5.60 Å². The van der Waals surface area contributed by atoms with Crippen molar-refractivity contribution < 1.29 is 4.74 Å². The van der Waals surface area contributed by atoms with Crippen LogP contribution in [-0.4, -0.2) is 0 Å². The van der Waals surface area contributed by atoms with Gasteiger partial charge in [-0.05, 0) is 28.0 Å². The van der Waals surface area contributed by atoms with Gasteiger partial charge in [0.15, 0.2) is 5.60 Å². The lowest BCUT2D eigenvalue weighted by molar-refractivity contribution is 0.192. The lowest BCUT2D eigenvalue weighted by Gasteiger charge is -2.31. The molecule has 0 radical (unpaired) electrons. The molecule has 0 unspecified atom stereocenters. The average Bonchev–Trinajstić information content (AvgIpc) is 3.37. The largest absolute Gasteiger partial charge is 0.472 e. The Hall–Kier alpha value is -5.10. The Kier molecular flexibility index (Phi) is 5.70. The Morgan fingerprint density at radius 1 is 0.487 bits per heavy atom. The summed E-state index contributed by atoms with van der Waals surface area (Å²) in [5, 5.41) is 2.34. The van der Waals surface area contributed by atoms with E-state index in [2.05, 4.69) is 163 Å². The van der Waals surface area contributed by atoms with E-state index in [4.69, 9.17) is 4.74 Å². The molecule has 0 saturated carbocycles. The first-order valence-electron chi connectivity index (χ1n) is 13.3. The molecule has 1 heteroatoms. The fourth-order valence-electron chi connectivity index (χ4n) is 5.70. The van der Waals surface area contributed by atoms with Gasteiger partial charge < -0.3 is 4.74 Å². The minimum atomic E-state index is -0.871. The number of benzene rings is 6. The SMILES string of the molecule is C(=C(c1ccccc1)c1ccccc1)=C1c2c(ccc3ccccc23)OC1(c1ccccc1)c1ccccc1. The van der Waals surface area contributed by atoms with E-state index >= 15 is 0 Å². The van der Waals surface area contributed by atoms with Crippen LogP contribution < -0.4 is 4.74 Å². The molecule has 0 bridgehead atoms. The van der Waals surface area contributed by atoms with Crippen molar-refractivity contribution in [3.05, 3.63) is 191 Å². The maximum absolute atomic E-state index is 7.15. The maximum atomic E-state index is 7.15. The highest BCUT2D eigenvalue weighted by Crippen LogP contribution is 2.55. The van der Waals surface area contributed by atoms with Gasteiger partial charge in [-0.25, -0.2) is 0 Å². The van der Waals surface area contributed by atoms with Gasteiger partial charge >= 0.3 is 0 Å². The van der Waals surface area contributed by atoms with E-state index in [0.29, 0.717) is 0 Å². The second-order valence-corrected chi connectivity index (χ2v) is 9.78. The van der Waals surface area contributed by atoms with Crippen LogP contribution in [0.2, 0.25) is 0 Å². The number of hydrogen-bond donors (Lipinski definition) is 0. The van der Waals surface area contributed by atoms with Gasteiger partial charge in [-0.2, -0.15) is 0 Å². The molecule has 1 aliphatic rings. The van der Waals surface area contributed by atoms with Crippen molar-refractivity contribution in [2.24, 2.45) is 0 Å². The fraction of sp³-hybridized carbons (Fsp3) is 0.0263. The third-order valence-corrected chi connectivity index (χ3v) is 7.49. The lowest BCUT2D eigenvalue weighted by atomic mass is 9.77. The molecular formula is C38H26O. The maximum Gasteiger partial charge on any atom is 0.192 e. The Bertz CT molecular complexity index is 1750. The number of rotatable bonds is 4. The summed E-state index contributed by atoms with van der Waals surface area (Å²) in [6.45, 7) is 0. The predicted octanol–water partition coefficient (Wildman–Crippen LogP) is 9.29. The van der Waals surface area contributed by atoms with Gasteiger partial charge in [0.05, 0.1) is 5.57 Å². The lowest BCUT2D eigenvalue weighted by Crippen LogP contribution is -2.31. The van der Waals surface area contributed by atoms with Crippen LogP contribution in [0.4, 0.5) is 0 Å². The molecule has 7 rings (SSSR count). The van der Waals surface area contributed by atoms with Crippen molar-refractivity contribution >= 4 is 21.9 Å². The third-order valence-electron chi connectivity index (χ3n) is 7.49. The molecule has 0 amide bonds. The first kappa shape index (κ1) is 23.0. The van der Waals surface area contributed by atoms with Crippen LogP contribution >= 0.6 is 0 Å². The van der Waals surface area contributed by atoms with E-state index in [-0.39, 0.29) is 0 Å². The van der Waals surface area contributed by atoms with E-state index in [1.54, 1.807) is 0 Å². The van der Waals surface area contributed by atoms with E-state index in [1.807, 2.05) is 0 Å². The molecule has 39 heavy (non-hydrogen) atoms. The Morgan fingerprint density at radius 3 is 1.54 bits per heavy atom. The van der Waals surface area contributed by atoms with Gasteiger partial charge in [0.1, 0.15) is 5.75 Å². The van der Waals surface area contributed by atoms with Crippen LogP contribution in [0.1, 0.15) is 27.8 Å². The quantitative estimate of drug-likeness (QED) is 0.220. The Morgan fingerprint density at radius 2 is 0.974 bits per heavy atom. The molecule has 0 saturated heterocycles. The van der Waals surface area contributed by atoms with Crippen LogP contribution in [-0.2, 0) is 5.60 Å². The molecule has 1 heterocycles. The van der Waals surface area contributed by atoms with Crippen molar-refractivity contribution in [3.63, 3.8) is 0 Å². The summed E-state index contributed by atoms with van der Waals surface area (Å²) in [5.41, 5.74) is 10.6. The molecule has 6 aromatic carbocycles. The summed E-state index contributed by atoms with van der Waals surface area (Å²) in [7, 11) is 0. The zero-order valence-corrected chi connectivity index (χ0v) is 21.4. The van der Waals surface area contributed by atoms with Crippen LogP contribution in [0, 0.1) is 0 Å². The minimum absolute atomic E-state index is 0.865. The first-order chi connectivity index (χ1) is 19.3. The third kappa shape index (κ3) is 3.89. The summed E-state index contributed by atoms with van der Waals surface area (Å²) < 4.78 is 7.15. The Balaban J connectivity index is 1.69. The average molecular weight is 499 g/mol. The molecule has 0 fully saturated rings. The first-order valence-corrected chi connectivity index (χ1v) is 13.3. The minimum Gasteiger partial charge on any atom is -0.472 e. The topological polar surface area (TPSA) is 9.23 Å². The van der Waals surface area contributed by atoms with Crippen molar-refractivity contribution in [1.29, 1.82) is 0 Å². The molecule has 0 aliphatic carbocycles. The second kappa shape index (κ2) is 9.65. The van der Waals surface area contributed by atoms with Crippen LogP contribution in [0.15, 0.2) is 163 Å². The van der Waals surface area contributed by atoms with Gasteiger partial charge in [-0.3, -0.25) is 0 Å². The van der Waals surface area contributed by atoms with Crippen LogP contribution in [0.25, 0.3) is 21.9 Å². The van der Waals surface area contributed by atoms with Crippen molar-refractivity contribution in [3.8, 4) is 5.75 Å². The van der Waals surface area contributed by atoms with Crippen molar-refractivity contribution in [2.75, 3.05) is 0 Å². The summed E-state index contributed by atoms with van der Waals surface area (Å²) >= 11 is 0. The van der Waals surface area contributed by atoms with E-state index in [1.165, 1.54) is 5.39 Å². The highest BCUT2D eigenvalue weighted by molar-refractivity contribution is 6.02. The second-order valence-electron chi connectivity index (χ2n) is 9.78. The number of hydrogen-bond acceptors (Lipinski definition) is 1. The highest BCUT2D eigenvalue weighted by atomic mass is 16.5. The molecule has 1 aliphatic heterocycles. The van der Waals surface area contributed by atoms with Gasteiger partial charge in [-0.15, -0.1) is 5.73 Å². The zero-order chi connectivity index (χ0) is 26.1.